The van der Waals surface area contributed by atoms with Gasteiger partial charge < -0.3 is 19.5 Å². The van der Waals surface area contributed by atoms with E-state index in [0.29, 0.717) is 0 Å². The lowest BCUT2D eigenvalue weighted by atomic mass is 9.76. The summed E-state index contributed by atoms with van der Waals surface area (Å²) in [5.41, 5.74) is 13.0. The monoisotopic (exact) mass is 632 g/mol. The molecule has 0 amide bonds. The van der Waals surface area contributed by atoms with Crippen molar-refractivity contribution >= 4 is 39.4 Å². The fraction of sp³-hybridized carbons (Fsp3) is 0.302. The van der Waals surface area contributed by atoms with Gasteiger partial charge in [0, 0.05) is 53.2 Å². The third-order valence-corrected chi connectivity index (χ3v) is 11.5. The summed E-state index contributed by atoms with van der Waals surface area (Å²) in [4.78, 5) is 15.1. The second-order valence-electron chi connectivity index (χ2n) is 14.5. The van der Waals surface area contributed by atoms with Gasteiger partial charge in [-0.3, -0.25) is 0 Å². The quantitative estimate of drug-likeness (QED) is 0.220. The summed E-state index contributed by atoms with van der Waals surface area (Å²) < 4.78 is 9.53. The standard InChI is InChI=1S/C43H40N2O3/c1-43(2)36(44(3)35-21-19-26-11-4-5-14-29(26)38(35)43)22-20-27-12-8-17-32-37(30-15-6-7-16-31(30)42(46)47)34-25-28-13-9-23-45-24-10-18-33(39(28)45)41(34)48-40(27)32/h4-7,11-12,14-16,19-22,25,40H,8-10,13,17-18,23-24H2,1-3H3/b22-20+. The van der Waals surface area contributed by atoms with Crippen molar-refractivity contribution < 1.29 is 19.2 Å². The zero-order chi connectivity index (χ0) is 32.7. The number of rotatable bonds is 4. The summed E-state index contributed by atoms with van der Waals surface area (Å²) in [5.74, 6) is -0.210. The summed E-state index contributed by atoms with van der Waals surface area (Å²) in [5, 5.41) is 15.1. The van der Waals surface area contributed by atoms with Gasteiger partial charge in [0.25, 0.3) is 0 Å². The molecular formula is C43H40N2O3. The van der Waals surface area contributed by atoms with Gasteiger partial charge in [0.05, 0.1) is 11.4 Å². The number of aryl methyl sites for hydroxylation is 1. The fourth-order valence-electron chi connectivity index (χ4n) is 9.39. The average Bonchev–Trinajstić information content (AvgIpc) is 3.30. The molecule has 0 saturated carbocycles. The number of carbonyl (C=O) groups is 1. The molecule has 1 aliphatic carbocycles. The van der Waals surface area contributed by atoms with E-state index in [2.05, 4.69) is 91.1 Å². The lowest BCUT2D eigenvalue weighted by molar-refractivity contribution is -0.401. The molecule has 9 rings (SSSR count). The summed E-state index contributed by atoms with van der Waals surface area (Å²) >= 11 is 0. The third-order valence-electron chi connectivity index (χ3n) is 11.5. The molecule has 0 fully saturated rings. The number of nitrogens with zero attached hydrogens (tertiary/aromatic N) is 2. The van der Waals surface area contributed by atoms with E-state index in [0.717, 1.165) is 85.2 Å². The molecule has 0 saturated heterocycles. The largest absolute Gasteiger partial charge is 0.545 e. The molecule has 4 aliphatic heterocycles. The molecule has 0 bridgehead atoms. The molecular weight excluding hydrogens is 592 g/mol. The summed E-state index contributed by atoms with van der Waals surface area (Å²) in [6.45, 7) is 6.81. The Bertz CT molecular complexity index is 2200. The first kappa shape index (κ1) is 29.3. The Morgan fingerprint density at radius 1 is 0.958 bits per heavy atom. The van der Waals surface area contributed by atoms with E-state index in [1.807, 2.05) is 12.1 Å². The van der Waals surface area contributed by atoms with E-state index in [4.69, 9.17) is 4.74 Å². The molecule has 1 atom stereocenters. The predicted octanol–water partition coefficient (Wildman–Crippen LogP) is 7.45. The SMILES string of the molecule is C[N+]1=C(/C=C/C2=CCCC3=C(c4ccccc4C(=O)[O-])c4cc5c6c(c4OC23)CCCN6CCC5)C(C)(C)c2c1ccc1ccccc21. The van der Waals surface area contributed by atoms with Crippen LogP contribution in [-0.4, -0.2) is 42.5 Å². The van der Waals surface area contributed by atoms with Crippen LogP contribution in [0.5, 0.6) is 5.75 Å². The number of allylic oxidation sites excluding steroid dienone is 2. The van der Waals surface area contributed by atoms with Crippen molar-refractivity contribution in [3.05, 3.63) is 129 Å². The predicted molar refractivity (Wildman–Crippen MR) is 191 cm³/mol. The van der Waals surface area contributed by atoms with Gasteiger partial charge in [0.1, 0.15) is 18.9 Å². The number of carboxylic acid groups (broad SMARTS) is 1. The van der Waals surface area contributed by atoms with Crippen LogP contribution >= 0.6 is 0 Å². The molecule has 4 heterocycles. The highest BCUT2D eigenvalue weighted by Crippen LogP contribution is 2.52. The van der Waals surface area contributed by atoms with Crippen molar-refractivity contribution in [2.45, 2.75) is 63.9 Å². The van der Waals surface area contributed by atoms with E-state index >= 15 is 0 Å². The first-order valence-corrected chi connectivity index (χ1v) is 17.5. The zero-order valence-corrected chi connectivity index (χ0v) is 27.9. The number of hydrogen-bond acceptors (Lipinski definition) is 4. The highest BCUT2D eigenvalue weighted by molar-refractivity contribution is 6.08. The Balaban J connectivity index is 1.19. The summed E-state index contributed by atoms with van der Waals surface area (Å²) in [6.07, 6.45) is 12.5. The molecule has 5 nitrogen and oxygen atoms in total. The summed E-state index contributed by atoms with van der Waals surface area (Å²) in [7, 11) is 2.17. The number of aromatic carboxylic acids is 1. The number of anilines is 1. The van der Waals surface area contributed by atoms with Gasteiger partial charge in [0.2, 0.25) is 5.69 Å². The normalized spacial score (nSPS) is 20.7. The summed E-state index contributed by atoms with van der Waals surface area (Å²) in [6, 6.07) is 22.8. The maximum absolute atomic E-state index is 12.5. The Labute approximate surface area is 282 Å². The smallest absolute Gasteiger partial charge is 0.210 e. The van der Waals surface area contributed by atoms with Gasteiger partial charge >= 0.3 is 0 Å². The van der Waals surface area contributed by atoms with Crippen LogP contribution in [0.1, 0.15) is 77.7 Å². The lowest BCUT2D eigenvalue weighted by Gasteiger charge is -2.42. The maximum Gasteiger partial charge on any atom is 0.210 e. The van der Waals surface area contributed by atoms with E-state index in [-0.39, 0.29) is 17.1 Å². The van der Waals surface area contributed by atoms with Crippen LogP contribution in [0.15, 0.2) is 96.1 Å². The molecule has 4 aromatic carbocycles. The molecule has 240 valence electrons. The van der Waals surface area contributed by atoms with Gasteiger partial charge in [-0.15, -0.1) is 0 Å². The zero-order valence-electron chi connectivity index (χ0n) is 27.9. The molecule has 4 aromatic rings. The molecule has 5 aliphatic rings. The minimum Gasteiger partial charge on any atom is -0.545 e. The third kappa shape index (κ3) is 4.22. The molecule has 0 aromatic heterocycles. The second-order valence-corrected chi connectivity index (χ2v) is 14.5. The molecule has 0 N–H and O–H groups in total. The fourth-order valence-corrected chi connectivity index (χ4v) is 9.39. The van der Waals surface area contributed by atoms with Crippen LogP contribution in [0.2, 0.25) is 0 Å². The van der Waals surface area contributed by atoms with Crippen LogP contribution in [0.25, 0.3) is 16.3 Å². The van der Waals surface area contributed by atoms with Crippen LogP contribution in [0.4, 0.5) is 11.4 Å². The van der Waals surface area contributed by atoms with Crippen LogP contribution in [0, 0.1) is 0 Å². The highest BCUT2D eigenvalue weighted by atomic mass is 16.5. The Morgan fingerprint density at radius 3 is 2.60 bits per heavy atom. The van der Waals surface area contributed by atoms with Gasteiger partial charge in [-0.05, 0) is 109 Å². The molecule has 5 heteroatoms. The molecule has 48 heavy (non-hydrogen) atoms. The number of benzene rings is 4. The first-order chi connectivity index (χ1) is 23.3. The lowest BCUT2D eigenvalue weighted by Crippen LogP contribution is -2.36. The average molecular weight is 633 g/mol. The van der Waals surface area contributed by atoms with E-state index in [1.165, 1.54) is 44.5 Å². The van der Waals surface area contributed by atoms with Gasteiger partial charge in [-0.2, -0.15) is 4.58 Å². The van der Waals surface area contributed by atoms with Crippen LogP contribution in [0.3, 0.4) is 0 Å². The minimum absolute atomic E-state index is 0.194. The van der Waals surface area contributed by atoms with Crippen molar-refractivity contribution in [3.8, 4) is 5.75 Å². The van der Waals surface area contributed by atoms with Gasteiger partial charge in [-0.25, -0.2) is 0 Å². The van der Waals surface area contributed by atoms with Crippen LogP contribution in [-0.2, 0) is 18.3 Å². The molecule has 1 unspecified atom stereocenters. The first-order valence-electron chi connectivity index (χ1n) is 17.5. The molecule has 0 spiro atoms. The molecule has 0 radical (unpaired) electrons. The van der Waals surface area contributed by atoms with Crippen molar-refractivity contribution in [1.29, 1.82) is 0 Å². The number of hydrogen-bond donors (Lipinski definition) is 0. The van der Waals surface area contributed by atoms with Crippen LogP contribution < -0.4 is 14.7 Å². The topological polar surface area (TPSA) is 55.6 Å². The van der Waals surface area contributed by atoms with Crippen molar-refractivity contribution in [3.63, 3.8) is 0 Å². The second kappa shape index (κ2) is 10.8. The minimum atomic E-state index is -1.14. The Morgan fingerprint density at radius 2 is 1.75 bits per heavy atom. The van der Waals surface area contributed by atoms with E-state index in [9.17, 15) is 9.90 Å². The van der Waals surface area contributed by atoms with Crippen molar-refractivity contribution in [2.24, 2.45) is 0 Å². The number of carbonyl (C=O) groups excluding carboxylic acids is 1. The van der Waals surface area contributed by atoms with E-state index < -0.39 is 5.97 Å². The highest BCUT2D eigenvalue weighted by Gasteiger charge is 2.45. The number of fused-ring (bicyclic) bond motifs is 6. The van der Waals surface area contributed by atoms with Gasteiger partial charge in [-0.1, -0.05) is 54.6 Å². The number of ether oxygens (including phenoxy) is 1. The van der Waals surface area contributed by atoms with E-state index in [1.54, 1.807) is 12.1 Å². The maximum atomic E-state index is 12.5. The Hall–Kier alpha value is -4.90. The Kier molecular flexibility index (Phi) is 6.59. The van der Waals surface area contributed by atoms with Gasteiger partial charge in [0.15, 0.2) is 5.71 Å². The van der Waals surface area contributed by atoms with Crippen molar-refractivity contribution in [2.75, 3.05) is 25.0 Å². The van der Waals surface area contributed by atoms with Crippen molar-refractivity contribution in [1.82, 2.24) is 0 Å². The number of carboxylic acids is 1.